The third-order valence-electron chi connectivity index (χ3n) is 3.39. The van der Waals surface area contributed by atoms with Crippen LogP contribution in [0.3, 0.4) is 0 Å². The molecule has 0 radical (unpaired) electrons. The first-order chi connectivity index (χ1) is 9.65. The van der Waals surface area contributed by atoms with Crippen LogP contribution in [0.4, 0.5) is 0 Å². The van der Waals surface area contributed by atoms with Crippen LogP contribution in [-0.4, -0.2) is 5.78 Å². The number of carbonyl (C=O) groups is 1. The number of carbonyl (C=O) groups excluding carboxylic acids is 1. The van der Waals surface area contributed by atoms with E-state index in [1.54, 1.807) is 0 Å². The lowest BCUT2D eigenvalue weighted by molar-refractivity contribution is -0.117. The van der Waals surface area contributed by atoms with Gasteiger partial charge in [0.05, 0.1) is 12.1 Å². The first-order valence-corrected chi connectivity index (χ1v) is 6.43. The summed E-state index contributed by atoms with van der Waals surface area (Å²) in [6.07, 6.45) is 0.212. The van der Waals surface area contributed by atoms with Gasteiger partial charge in [0.2, 0.25) is 0 Å². The quantitative estimate of drug-likeness (QED) is 0.846. The number of nitrogens with zero attached hydrogens (tertiary/aromatic N) is 2. The molecule has 0 fully saturated rings. The van der Waals surface area contributed by atoms with Gasteiger partial charge in [-0.2, -0.15) is 10.5 Å². The number of benzene rings is 2. The highest BCUT2D eigenvalue weighted by atomic mass is 16.1. The molecule has 2 rings (SSSR count). The summed E-state index contributed by atoms with van der Waals surface area (Å²) in [7, 11) is 0. The zero-order valence-electron chi connectivity index (χ0n) is 11.2. The molecular weight excluding hydrogens is 248 g/mol. The molecule has 0 saturated carbocycles. The summed E-state index contributed by atoms with van der Waals surface area (Å²) in [5.41, 5.74) is 0.868. The molecule has 98 valence electrons. The van der Waals surface area contributed by atoms with Gasteiger partial charge in [-0.05, 0) is 23.3 Å². The Balaban J connectivity index is 2.48. The van der Waals surface area contributed by atoms with Crippen LogP contribution in [0.25, 0.3) is 10.8 Å². The van der Waals surface area contributed by atoms with E-state index < -0.39 is 5.92 Å². The van der Waals surface area contributed by atoms with Gasteiger partial charge in [-0.25, -0.2) is 0 Å². The maximum atomic E-state index is 11.4. The smallest absolute Gasteiger partial charge is 0.140 e. The lowest BCUT2D eigenvalue weighted by Gasteiger charge is -2.17. The molecule has 0 bridgehead atoms. The van der Waals surface area contributed by atoms with Crippen LogP contribution in [0.15, 0.2) is 42.5 Å². The van der Waals surface area contributed by atoms with Crippen LogP contribution in [0.2, 0.25) is 0 Å². The maximum absolute atomic E-state index is 11.4. The molecule has 1 unspecified atom stereocenters. The largest absolute Gasteiger partial charge is 0.300 e. The first kappa shape index (κ1) is 13.8. The standard InChI is InChI=1S/C17H14N2O/c1-12(20)8-17(16(10-18)11-19)15-7-6-13-4-2-3-5-14(13)9-15/h2-7,9,16-17H,8H2,1H3. The Morgan fingerprint density at radius 1 is 1.10 bits per heavy atom. The van der Waals surface area contributed by atoms with Gasteiger partial charge < -0.3 is 4.79 Å². The van der Waals surface area contributed by atoms with Gasteiger partial charge in [-0.15, -0.1) is 0 Å². The van der Waals surface area contributed by atoms with E-state index in [2.05, 4.69) is 0 Å². The zero-order chi connectivity index (χ0) is 14.5. The van der Waals surface area contributed by atoms with Crippen molar-refractivity contribution >= 4 is 16.6 Å². The van der Waals surface area contributed by atoms with Crippen LogP contribution in [0.5, 0.6) is 0 Å². The molecule has 0 heterocycles. The Morgan fingerprint density at radius 3 is 2.35 bits per heavy atom. The minimum Gasteiger partial charge on any atom is -0.300 e. The number of hydrogen-bond donors (Lipinski definition) is 0. The van der Waals surface area contributed by atoms with Crippen LogP contribution in [0.1, 0.15) is 24.8 Å². The van der Waals surface area contributed by atoms with Crippen LogP contribution < -0.4 is 0 Å². The topological polar surface area (TPSA) is 64.7 Å². The normalized spacial score (nSPS) is 11.8. The summed E-state index contributed by atoms with van der Waals surface area (Å²) in [6.45, 7) is 1.49. The summed E-state index contributed by atoms with van der Waals surface area (Å²) >= 11 is 0. The van der Waals surface area contributed by atoms with Gasteiger partial charge >= 0.3 is 0 Å². The minimum absolute atomic E-state index is 0.0151. The minimum atomic E-state index is -0.805. The second-order valence-corrected chi connectivity index (χ2v) is 4.86. The molecule has 0 aromatic heterocycles. The Bertz CT molecular complexity index is 708. The van der Waals surface area contributed by atoms with E-state index in [1.807, 2.05) is 54.6 Å². The average Bonchev–Trinajstić information content (AvgIpc) is 2.46. The van der Waals surface area contributed by atoms with Crippen LogP contribution in [0, 0.1) is 28.6 Å². The summed E-state index contributed by atoms with van der Waals surface area (Å²) in [5, 5.41) is 20.3. The first-order valence-electron chi connectivity index (χ1n) is 6.43. The molecule has 20 heavy (non-hydrogen) atoms. The molecule has 0 aliphatic carbocycles. The van der Waals surface area contributed by atoms with Gasteiger partial charge in [0.25, 0.3) is 0 Å². The lowest BCUT2D eigenvalue weighted by Crippen LogP contribution is -2.13. The molecule has 3 heteroatoms. The molecule has 0 N–H and O–H groups in total. The molecule has 2 aromatic rings. The van der Waals surface area contributed by atoms with E-state index in [0.717, 1.165) is 16.3 Å². The third kappa shape index (κ3) is 2.84. The fourth-order valence-electron chi connectivity index (χ4n) is 2.39. The van der Waals surface area contributed by atoms with E-state index in [9.17, 15) is 4.79 Å². The van der Waals surface area contributed by atoms with E-state index in [1.165, 1.54) is 6.92 Å². The van der Waals surface area contributed by atoms with E-state index in [0.29, 0.717) is 0 Å². The molecule has 0 aliphatic rings. The van der Waals surface area contributed by atoms with Crippen molar-refractivity contribution in [2.24, 2.45) is 5.92 Å². The number of fused-ring (bicyclic) bond motifs is 1. The van der Waals surface area contributed by atoms with Gasteiger partial charge in [0.15, 0.2) is 0 Å². The molecular formula is C17H14N2O. The number of ketones is 1. The molecule has 0 amide bonds. The van der Waals surface area contributed by atoms with Crippen molar-refractivity contribution in [1.29, 1.82) is 10.5 Å². The highest BCUT2D eigenvalue weighted by molar-refractivity contribution is 5.83. The highest BCUT2D eigenvalue weighted by Gasteiger charge is 2.24. The van der Waals surface area contributed by atoms with E-state index >= 15 is 0 Å². The lowest BCUT2D eigenvalue weighted by atomic mass is 9.83. The van der Waals surface area contributed by atoms with Crippen molar-refractivity contribution in [3.8, 4) is 12.1 Å². The van der Waals surface area contributed by atoms with Gasteiger partial charge in [-0.3, -0.25) is 0 Å². The predicted octanol–water partition coefficient (Wildman–Crippen LogP) is 3.57. The van der Waals surface area contributed by atoms with Crippen molar-refractivity contribution < 1.29 is 4.79 Å². The van der Waals surface area contributed by atoms with Crippen LogP contribution in [-0.2, 0) is 4.79 Å². The van der Waals surface area contributed by atoms with Crippen molar-refractivity contribution in [2.45, 2.75) is 19.3 Å². The fraction of sp³-hybridized carbons (Fsp3) is 0.235. The second-order valence-electron chi connectivity index (χ2n) is 4.86. The van der Waals surface area contributed by atoms with Gasteiger partial charge in [0.1, 0.15) is 11.7 Å². The number of Topliss-reactive ketones (excluding diaryl/α,β-unsaturated/α-hetero) is 1. The van der Waals surface area contributed by atoms with Crippen molar-refractivity contribution in [3.63, 3.8) is 0 Å². The van der Waals surface area contributed by atoms with Crippen molar-refractivity contribution in [2.75, 3.05) is 0 Å². The Labute approximate surface area is 118 Å². The molecule has 2 aromatic carbocycles. The van der Waals surface area contributed by atoms with Crippen LogP contribution >= 0.6 is 0 Å². The molecule has 3 nitrogen and oxygen atoms in total. The van der Waals surface area contributed by atoms with Crippen molar-refractivity contribution in [1.82, 2.24) is 0 Å². The summed E-state index contributed by atoms with van der Waals surface area (Å²) < 4.78 is 0. The Kier molecular flexibility index (Phi) is 4.13. The maximum Gasteiger partial charge on any atom is 0.140 e. The molecule has 1 atom stereocenters. The second kappa shape index (κ2) is 5.99. The third-order valence-corrected chi connectivity index (χ3v) is 3.39. The number of rotatable bonds is 4. The van der Waals surface area contributed by atoms with Gasteiger partial charge in [0, 0.05) is 12.3 Å². The fourth-order valence-corrected chi connectivity index (χ4v) is 2.39. The van der Waals surface area contributed by atoms with Gasteiger partial charge in [-0.1, -0.05) is 42.5 Å². The predicted molar refractivity (Wildman–Crippen MR) is 76.7 cm³/mol. The summed E-state index contributed by atoms with van der Waals surface area (Å²) in [4.78, 5) is 11.4. The summed E-state index contributed by atoms with van der Waals surface area (Å²) in [6, 6.07) is 17.7. The van der Waals surface area contributed by atoms with E-state index in [-0.39, 0.29) is 18.1 Å². The monoisotopic (exact) mass is 262 g/mol. The Morgan fingerprint density at radius 2 is 1.75 bits per heavy atom. The highest BCUT2D eigenvalue weighted by Crippen LogP contribution is 2.30. The number of hydrogen-bond acceptors (Lipinski definition) is 3. The molecule has 0 saturated heterocycles. The van der Waals surface area contributed by atoms with Crippen molar-refractivity contribution in [3.05, 3.63) is 48.0 Å². The summed E-state index contributed by atoms with van der Waals surface area (Å²) in [5.74, 6) is -1.19. The Hall–Kier alpha value is -2.65. The zero-order valence-corrected chi connectivity index (χ0v) is 11.2. The molecule has 0 aliphatic heterocycles. The average molecular weight is 262 g/mol. The number of nitriles is 2. The molecule has 0 spiro atoms. The SMILES string of the molecule is CC(=O)CC(c1ccc2ccccc2c1)C(C#N)C#N. The van der Waals surface area contributed by atoms with E-state index in [4.69, 9.17) is 10.5 Å².